The van der Waals surface area contributed by atoms with Crippen molar-refractivity contribution >= 4 is 29.1 Å². The summed E-state index contributed by atoms with van der Waals surface area (Å²) in [5.41, 5.74) is 7.48. The number of aromatic nitrogens is 3. The van der Waals surface area contributed by atoms with Gasteiger partial charge in [-0.3, -0.25) is 4.79 Å². The lowest BCUT2D eigenvalue weighted by Crippen LogP contribution is -2.26. The van der Waals surface area contributed by atoms with Gasteiger partial charge in [0, 0.05) is 23.3 Å². The number of halogens is 2. The lowest BCUT2D eigenvalue weighted by atomic mass is 10.0. The molecule has 0 aliphatic rings. The highest BCUT2D eigenvalue weighted by Crippen LogP contribution is 2.26. The molecule has 2 aromatic heterocycles. The van der Waals surface area contributed by atoms with E-state index in [0.717, 1.165) is 0 Å². The standard InChI is InChI=1S/C22H19ClFN5O2/c23-15-6-4-13(5-7-15)18(30)8-10-26-21(31)17-3-1-2-16(20(17)24)14-9-11-29-19(12-14)27-22(25)28-29/h1-7,9,11-12,18,30H,8,10H2,(H2,25,28)(H,26,31)/t18-/m0/s1. The number of fused-ring (bicyclic) bond motifs is 1. The summed E-state index contributed by atoms with van der Waals surface area (Å²) in [6.07, 6.45) is 1.13. The number of aliphatic hydroxyl groups excluding tert-OH is 1. The largest absolute Gasteiger partial charge is 0.388 e. The fraction of sp³-hybridized carbons (Fsp3) is 0.136. The first-order valence-corrected chi connectivity index (χ1v) is 9.92. The molecule has 0 saturated carbocycles. The van der Waals surface area contributed by atoms with Gasteiger partial charge in [-0.2, -0.15) is 4.98 Å². The van der Waals surface area contributed by atoms with Crippen molar-refractivity contribution in [2.24, 2.45) is 0 Å². The number of carbonyl (C=O) groups excluding carboxylic acids is 1. The zero-order valence-electron chi connectivity index (χ0n) is 16.3. The number of aliphatic hydroxyl groups is 1. The Kier molecular flexibility index (Phi) is 5.83. The van der Waals surface area contributed by atoms with Crippen LogP contribution in [-0.2, 0) is 0 Å². The Bertz CT molecular complexity index is 1240. The average Bonchev–Trinajstić information content (AvgIpc) is 3.13. The van der Waals surface area contributed by atoms with E-state index in [1.165, 1.54) is 10.6 Å². The Morgan fingerprint density at radius 1 is 1.23 bits per heavy atom. The van der Waals surface area contributed by atoms with Gasteiger partial charge in [0.2, 0.25) is 5.95 Å². The lowest BCUT2D eigenvalue weighted by molar-refractivity contribution is 0.0938. The summed E-state index contributed by atoms with van der Waals surface area (Å²) in [6, 6.07) is 14.7. The number of amides is 1. The number of nitrogen functional groups attached to an aromatic ring is 1. The van der Waals surface area contributed by atoms with Crippen LogP contribution in [0.5, 0.6) is 0 Å². The van der Waals surface area contributed by atoms with Crippen LogP contribution in [0.1, 0.15) is 28.4 Å². The number of pyridine rings is 1. The molecule has 7 nitrogen and oxygen atoms in total. The van der Waals surface area contributed by atoms with E-state index in [-0.39, 0.29) is 30.0 Å². The Labute approximate surface area is 182 Å². The van der Waals surface area contributed by atoms with Gasteiger partial charge in [-0.05, 0) is 47.9 Å². The molecule has 4 N–H and O–H groups in total. The van der Waals surface area contributed by atoms with Gasteiger partial charge >= 0.3 is 0 Å². The molecule has 0 saturated heterocycles. The molecule has 0 bridgehead atoms. The van der Waals surface area contributed by atoms with Gasteiger partial charge in [-0.1, -0.05) is 35.9 Å². The van der Waals surface area contributed by atoms with E-state index in [4.69, 9.17) is 17.3 Å². The average molecular weight is 440 g/mol. The third-order valence-electron chi connectivity index (χ3n) is 4.87. The minimum absolute atomic E-state index is 0.0839. The molecule has 0 radical (unpaired) electrons. The van der Waals surface area contributed by atoms with E-state index < -0.39 is 17.8 Å². The Balaban J connectivity index is 1.46. The number of nitrogens with two attached hydrogens (primary N) is 1. The van der Waals surface area contributed by atoms with Crippen molar-refractivity contribution in [1.29, 1.82) is 0 Å². The SMILES string of the molecule is Nc1nc2cc(-c3cccc(C(=O)NCC[C@H](O)c4ccc(Cl)cc4)c3F)ccn2n1. The molecular weight excluding hydrogens is 421 g/mol. The van der Waals surface area contributed by atoms with Gasteiger partial charge in [0.15, 0.2) is 5.65 Å². The maximum Gasteiger partial charge on any atom is 0.254 e. The fourth-order valence-electron chi connectivity index (χ4n) is 3.27. The van der Waals surface area contributed by atoms with Gasteiger partial charge in [0.05, 0.1) is 11.7 Å². The Morgan fingerprint density at radius 3 is 2.77 bits per heavy atom. The number of hydrogen-bond acceptors (Lipinski definition) is 5. The smallest absolute Gasteiger partial charge is 0.254 e. The summed E-state index contributed by atoms with van der Waals surface area (Å²) in [6.45, 7) is 0.178. The fourth-order valence-corrected chi connectivity index (χ4v) is 3.39. The molecule has 2 heterocycles. The third kappa shape index (κ3) is 4.50. The molecule has 2 aromatic carbocycles. The second kappa shape index (κ2) is 8.71. The van der Waals surface area contributed by atoms with Gasteiger partial charge < -0.3 is 16.2 Å². The highest BCUT2D eigenvalue weighted by Gasteiger charge is 2.17. The van der Waals surface area contributed by atoms with E-state index >= 15 is 4.39 Å². The second-order valence-corrected chi connectivity index (χ2v) is 7.40. The van der Waals surface area contributed by atoms with Crippen LogP contribution in [0.25, 0.3) is 16.8 Å². The van der Waals surface area contributed by atoms with E-state index in [9.17, 15) is 9.90 Å². The van der Waals surface area contributed by atoms with Crippen LogP contribution in [0.4, 0.5) is 10.3 Å². The summed E-state index contributed by atoms with van der Waals surface area (Å²) in [5.74, 6) is -1.09. The monoisotopic (exact) mass is 439 g/mol. The molecule has 158 valence electrons. The van der Waals surface area contributed by atoms with Gasteiger partial charge in [-0.25, -0.2) is 8.91 Å². The molecule has 1 atom stereocenters. The number of nitrogens with one attached hydrogen (secondary N) is 1. The predicted molar refractivity (Wildman–Crippen MR) is 116 cm³/mol. The van der Waals surface area contributed by atoms with Crippen molar-refractivity contribution in [3.8, 4) is 11.1 Å². The molecule has 1 amide bonds. The van der Waals surface area contributed by atoms with Crippen molar-refractivity contribution in [2.45, 2.75) is 12.5 Å². The molecule has 0 fully saturated rings. The van der Waals surface area contributed by atoms with E-state index in [1.54, 1.807) is 54.7 Å². The maximum absolute atomic E-state index is 15.1. The number of hydrogen-bond donors (Lipinski definition) is 3. The van der Waals surface area contributed by atoms with Crippen molar-refractivity contribution in [1.82, 2.24) is 19.9 Å². The molecule has 0 aliphatic heterocycles. The van der Waals surface area contributed by atoms with Crippen molar-refractivity contribution in [2.75, 3.05) is 12.3 Å². The zero-order valence-corrected chi connectivity index (χ0v) is 17.1. The number of anilines is 1. The summed E-state index contributed by atoms with van der Waals surface area (Å²) in [4.78, 5) is 16.6. The normalized spacial score (nSPS) is 12.1. The quantitative estimate of drug-likeness (QED) is 0.425. The van der Waals surface area contributed by atoms with Crippen LogP contribution in [0, 0.1) is 5.82 Å². The first-order valence-electron chi connectivity index (χ1n) is 9.55. The van der Waals surface area contributed by atoms with Crippen molar-refractivity contribution in [3.63, 3.8) is 0 Å². The van der Waals surface area contributed by atoms with E-state index in [1.807, 2.05) is 0 Å². The summed E-state index contributed by atoms with van der Waals surface area (Å²) >= 11 is 5.84. The van der Waals surface area contributed by atoms with Gasteiger partial charge in [0.25, 0.3) is 5.91 Å². The number of benzene rings is 2. The molecule has 4 rings (SSSR count). The second-order valence-electron chi connectivity index (χ2n) is 6.97. The topological polar surface area (TPSA) is 106 Å². The van der Waals surface area contributed by atoms with Crippen LogP contribution in [0.3, 0.4) is 0 Å². The molecule has 0 spiro atoms. The summed E-state index contributed by atoms with van der Waals surface area (Å²) < 4.78 is 16.6. The van der Waals surface area contributed by atoms with Crippen LogP contribution >= 0.6 is 11.6 Å². The van der Waals surface area contributed by atoms with Crippen LogP contribution in [-0.4, -0.2) is 32.2 Å². The zero-order chi connectivity index (χ0) is 22.0. The van der Waals surface area contributed by atoms with Crippen LogP contribution in [0.15, 0.2) is 60.8 Å². The third-order valence-corrected chi connectivity index (χ3v) is 5.12. The molecule has 9 heteroatoms. The Morgan fingerprint density at radius 2 is 2.00 bits per heavy atom. The molecule has 0 unspecified atom stereocenters. The predicted octanol–water partition coefficient (Wildman–Crippen LogP) is 3.62. The Hall–Kier alpha value is -3.49. The number of carbonyl (C=O) groups is 1. The van der Waals surface area contributed by atoms with Crippen LogP contribution < -0.4 is 11.1 Å². The van der Waals surface area contributed by atoms with E-state index in [0.29, 0.717) is 21.8 Å². The van der Waals surface area contributed by atoms with Crippen molar-refractivity contribution in [3.05, 3.63) is 82.8 Å². The maximum atomic E-state index is 15.1. The molecule has 0 aliphatic carbocycles. The van der Waals surface area contributed by atoms with Crippen LogP contribution in [0.2, 0.25) is 5.02 Å². The highest BCUT2D eigenvalue weighted by molar-refractivity contribution is 6.30. The number of nitrogens with zero attached hydrogens (tertiary/aromatic N) is 3. The summed E-state index contributed by atoms with van der Waals surface area (Å²) in [5, 5.41) is 17.5. The van der Waals surface area contributed by atoms with Crippen molar-refractivity contribution < 1.29 is 14.3 Å². The van der Waals surface area contributed by atoms with E-state index in [2.05, 4.69) is 15.4 Å². The van der Waals surface area contributed by atoms with Gasteiger partial charge in [-0.15, -0.1) is 5.10 Å². The first kappa shape index (κ1) is 20.8. The minimum atomic E-state index is -0.768. The molecular formula is C22H19ClFN5O2. The first-order chi connectivity index (χ1) is 14.9. The highest BCUT2D eigenvalue weighted by atomic mass is 35.5. The van der Waals surface area contributed by atoms with Gasteiger partial charge in [0.1, 0.15) is 5.82 Å². The lowest BCUT2D eigenvalue weighted by Gasteiger charge is -2.13. The minimum Gasteiger partial charge on any atom is -0.388 e. The summed E-state index contributed by atoms with van der Waals surface area (Å²) in [7, 11) is 0. The molecule has 4 aromatic rings. The molecule has 31 heavy (non-hydrogen) atoms. The number of rotatable bonds is 6.